The van der Waals surface area contributed by atoms with E-state index in [1.165, 1.54) is 0 Å². The highest BCUT2D eigenvalue weighted by Gasteiger charge is 1.98. The second kappa shape index (κ2) is 6.35. The van der Waals surface area contributed by atoms with Crippen LogP contribution in [-0.2, 0) is 9.53 Å². The van der Waals surface area contributed by atoms with Crippen LogP contribution in [0.1, 0.15) is 6.92 Å². The van der Waals surface area contributed by atoms with Gasteiger partial charge in [0.15, 0.2) is 5.11 Å². The molecule has 6 nitrogen and oxygen atoms in total. The second-order valence-corrected chi connectivity index (χ2v) is 1.97. The molecule has 0 radical (unpaired) electrons. The maximum Gasteiger partial charge on any atom is 0.425 e. The molecule has 0 unspecified atom stereocenters. The fraction of sp³-hybridized carbons (Fsp3) is 0.400. The molecule has 0 aromatic rings. The topological polar surface area (TPSA) is 79.5 Å². The van der Waals surface area contributed by atoms with Gasteiger partial charge in [-0.3, -0.25) is 10.2 Å². The fourth-order valence-electron chi connectivity index (χ4n) is 0.365. The predicted octanol–water partition coefficient (Wildman–Crippen LogP) is -0.732. The summed E-state index contributed by atoms with van der Waals surface area (Å²) < 4.78 is 4.48. The summed E-state index contributed by atoms with van der Waals surface area (Å²) in [5.74, 6) is 0. The molecule has 0 atom stereocenters. The highest BCUT2D eigenvalue weighted by atomic mass is 32.1. The fourth-order valence-corrected chi connectivity index (χ4v) is 0.464. The zero-order valence-electron chi connectivity index (χ0n) is 6.42. The lowest BCUT2D eigenvalue weighted by Gasteiger charge is -2.07. The molecule has 0 aromatic carbocycles. The molecule has 0 aliphatic heterocycles. The van der Waals surface area contributed by atoms with E-state index in [0.29, 0.717) is 6.41 Å². The summed E-state index contributed by atoms with van der Waals surface area (Å²) in [7, 11) is 0. The average Bonchev–Trinajstić information content (AvgIpc) is 2.02. The Hall–Kier alpha value is -1.37. The smallest absolute Gasteiger partial charge is 0.425 e. The lowest BCUT2D eigenvalue weighted by Crippen LogP contribution is -2.46. The molecular weight excluding hydrogens is 182 g/mol. The number of hydrogen-bond acceptors (Lipinski definition) is 4. The molecule has 3 N–H and O–H groups in total. The van der Waals surface area contributed by atoms with Crippen LogP contribution in [0.15, 0.2) is 0 Å². The van der Waals surface area contributed by atoms with Crippen molar-refractivity contribution in [1.29, 1.82) is 0 Å². The first kappa shape index (κ1) is 10.6. The van der Waals surface area contributed by atoms with Gasteiger partial charge in [-0.1, -0.05) is 0 Å². The Morgan fingerprint density at radius 2 is 2.25 bits per heavy atom. The molecule has 0 aromatic heterocycles. The number of nitrogens with one attached hydrogen (secondary N) is 3. The van der Waals surface area contributed by atoms with Gasteiger partial charge in [-0.25, -0.2) is 10.2 Å². The van der Waals surface area contributed by atoms with Crippen molar-refractivity contribution in [3.05, 3.63) is 0 Å². The first-order valence-electron chi connectivity index (χ1n) is 3.13. The van der Waals surface area contributed by atoms with Crippen LogP contribution in [0.5, 0.6) is 0 Å². The summed E-state index contributed by atoms with van der Waals surface area (Å²) in [6.07, 6.45) is -0.269. The van der Waals surface area contributed by atoms with Crippen LogP contribution in [0.4, 0.5) is 4.79 Å². The van der Waals surface area contributed by atoms with Gasteiger partial charge in [-0.05, 0) is 19.1 Å². The zero-order valence-corrected chi connectivity index (χ0v) is 7.23. The van der Waals surface area contributed by atoms with E-state index in [-0.39, 0.29) is 11.7 Å². The number of rotatable bonds is 2. The largest absolute Gasteiger partial charge is 0.449 e. The number of hydrazine groups is 1. The van der Waals surface area contributed by atoms with Crippen molar-refractivity contribution in [1.82, 2.24) is 16.2 Å². The lowest BCUT2D eigenvalue weighted by molar-refractivity contribution is -0.108. The monoisotopic (exact) mass is 191 g/mol. The minimum atomic E-state index is -0.660. The summed E-state index contributed by atoms with van der Waals surface area (Å²) in [6.45, 7) is 1.93. The van der Waals surface area contributed by atoms with E-state index in [9.17, 15) is 9.59 Å². The second-order valence-electron chi connectivity index (χ2n) is 1.56. The van der Waals surface area contributed by atoms with E-state index in [4.69, 9.17) is 0 Å². The quantitative estimate of drug-likeness (QED) is 0.304. The standard InChI is InChI=1S/C5H9N3O3S/c1-2-11-5(10)8-7-4(12)6-3-9/h3H,2H2,1H3,(H,8,10)(H2,6,7,9,12). The van der Waals surface area contributed by atoms with Gasteiger partial charge in [0.25, 0.3) is 0 Å². The van der Waals surface area contributed by atoms with Crippen LogP contribution in [0.2, 0.25) is 0 Å². The number of hydrogen-bond donors (Lipinski definition) is 3. The third kappa shape index (κ3) is 5.42. The van der Waals surface area contributed by atoms with Crippen LogP contribution in [0.25, 0.3) is 0 Å². The van der Waals surface area contributed by atoms with Crippen molar-refractivity contribution in [3.8, 4) is 0 Å². The van der Waals surface area contributed by atoms with Gasteiger partial charge < -0.3 is 10.1 Å². The lowest BCUT2D eigenvalue weighted by atomic mass is 10.9. The molecule has 0 heterocycles. The zero-order chi connectivity index (χ0) is 9.40. The Morgan fingerprint density at radius 1 is 1.58 bits per heavy atom. The summed E-state index contributed by atoms with van der Waals surface area (Å²) in [4.78, 5) is 20.4. The molecule has 0 aliphatic rings. The van der Waals surface area contributed by atoms with Crippen molar-refractivity contribution in [2.75, 3.05) is 6.61 Å². The predicted molar refractivity (Wildman–Crippen MR) is 45.1 cm³/mol. The van der Waals surface area contributed by atoms with E-state index in [1.54, 1.807) is 6.92 Å². The number of ether oxygens (including phenoxy) is 1. The van der Waals surface area contributed by atoms with Crippen LogP contribution in [-0.4, -0.2) is 24.2 Å². The summed E-state index contributed by atoms with van der Waals surface area (Å²) in [5, 5.41) is 2.11. The Bertz CT molecular complexity index is 185. The molecule has 0 rings (SSSR count). The van der Waals surface area contributed by atoms with Gasteiger partial charge in [0.2, 0.25) is 6.41 Å². The van der Waals surface area contributed by atoms with Crippen LogP contribution >= 0.6 is 12.2 Å². The molecule has 0 fully saturated rings. The number of amides is 2. The summed E-state index contributed by atoms with van der Waals surface area (Å²) in [6, 6.07) is 0. The SMILES string of the molecule is CCOC(=O)NNC(=S)NC=O. The molecular formula is C5H9N3O3S. The molecule has 7 heteroatoms. The highest BCUT2D eigenvalue weighted by Crippen LogP contribution is 1.72. The van der Waals surface area contributed by atoms with Crippen molar-refractivity contribution in [2.45, 2.75) is 6.92 Å². The van der Waals surface area contributed by atoms with Gasteiger partial charge in [-0.2, -0.15) is 0 Å². The van der Waals surface area contributed by atoms with E-state index in [0.717, 1.165) is 0 Å². The maximum atomic E-state index is 10.6. The van der Waals surface area contributed by atoms with E-state index < -0.39 is 6.09 Å². The first-order chi connectivity index (χ1) is 5.70. The van der Waals surface area contributed by atoms with E-state index >= 15 is 0 Å². The minimum absolute atomic E-state index is 0.00180. The molecule has 0 saturated heterocycles. The molecule has 0 saturated carbocycles. The highest BCUT2D eigenvalue weighted by molar-refractivity contribution is 7.80. The van der Waals surface area contributed by atoms with E-state index in [1.807, 2.05) is 0 Å². The molecule has 2 amide bonds. The Labute approximate surface area is 74.6 Å². The van der Waals surface area contributed by atoms with Gasteiger partial charge in [0.05, 0.1) is 6.61 Å². The minimum Gasteiger partial charge on any atom is -0.449 e. The maximum absolute atomic E-state index is 10.6. The molecule has 0 aliphatic carbocycles. The third-order valence-corrected chi connectivity index (χ3v) is 0.963. The number of carbonyl (C=O) groups excluding carboxylic acids is 2. The normalized spacial score (nSPS) is 8.08. The first-order valence-corrected chi connectivity index (χ1v) is 3.54. The van der Waals surface area contributed by atoms with Crippen molar-refractivity contribution in [3.63, 3.8) is 0 Å². The van der Waals surface area contributed by atoms with Gasteiger partial charge >= 0.3 is 6.09 Å². The summed E-state index contributed by atoms with van der Waals surface area (Å²) in [5.41, 5.74) is 4.33. The van der Waals surface area contributed by atoms with Crippen molar-refractivity contribution in [2.24, 2.45) is 0 Å². The summed E-state index contributed by atoms with van der Waals surface area (Å²) >= 11 is 4.53. The van der Waals surface area contributed by atoms with Crippen LogP contribution < -0.4 is 16.2 Å². The van der Waals surface area contributed by atoms with Crippen molar-refractivity contribution < 1.29 is 14.3 Å². The third-order valence-electron chi connectivity index (χ3n) is 0.744. The Balaban J connectivity index is 3.46. The van der Waals surface area contributed by atoms with Gasteiger partial charge in [0, 0.05) is 0 Å². The number of thiocarbonyl (C=S) groups is 1. The Morgan fingerprint density at radius 3 is 2.75 bits per heavy atom. The number of carbonyl (C=O) groups is 2. The molecule has 0 bridgehead atoms. The average molecular weight is 191 g/mol. The molecule has 12 heavy (non-hydrogen) atoms. The molecule has 0 spiro atoms. The van der Waals surface area contributed by atoms with Crippen molar-refractivity contribution >= 4 is 29.8 Å². The van der Waals surface area contributed by atoms with Gasteiger partial charge in [-0.15, -0.1) is 0 Å². The van der Waals surface area contributed by atoms with Crippen LogP contribution in [0, 0.1) is 0 Å². The van der Waals surface area contributed by atoms with Gasteiger partial charge in [0.1, 0.15) is 0 Å². The Kier molecular flexibility index (Phi) is 5.62. The molecule has 68 valence electrons. The van der Waals surface area contributed by atoms with Crippen LogP contribution in [0.3, 0.4) is 0 Å². The van der Waals surface area contributed by atoms with E-state index in [2.05, 4.69) is 33.1 Å².